The summed E-state index contributed by atoms with van der Waals surface area (Å²) in [6, 6.07) is 11.3. The third-order valence-corrected chi connectivity index (χ3v) is 10.7. The molecule has 0 spiro atoms. The highest BCUT2D eigenvalue weighted by atomic mass is 35.5. The molecule has 1 atom stereocenters. The van der Waals surface area contributed by atoms with Crippen LogP contribution in [0.15, 0.2) is 52.3 Å². The van der Waals surface area contributed by atoms with E-state index in [-0.39, 0.29) is 27.9 Å². The molecule has 2 fully saturated rings. The van der Waals surface area contributed by atoms with Gasteiger partial charge in [0, 0.05) is 39.3 Å². The summed E-state index contributed by atoms with van der Waals surface area (Å²) in [7, 11) is -5.81. The maximum atomic E-state index is 13.3. The number of sulfonamides is 2. The molecule has 8 nitrogen and oxygen atoms in total. The second kappa shape index (κ2) is 10.0. The Morgan fingerprint density at radius 2 is 1.62 bits per heavy atom. The van der Waals surface area contributed by atoms with Crippen LogP contribution in [0.4, 0.5) is 5.69 Å². The molecule has 2 aromatic carbocycles. The van der Waals surface area contributed by atoms with Crippen LogP contribution in [0, 0.1) is 5.92 Å². The average molecular weight is 528 g/mol. The lowest BCUT2D eigenvalue weighted by Crippen LogP contribution is -2.48. The van der Waals surface area contributed by atoms with Gasteiger partial charge in [-0.25, -0.2) is 16.8 Å². The molecule has 186 valence electrons. The van der Waals surface area contributed by atoms with E-state index in [4.69, 9.17) is 16.3 Å². The first kappa shape index (κ1) is 25.2. The molecule has 0 unspecified atom stereocenters. The Morgan fingerprint density at radius 3 is 2.26 bits per heavy atom. The average Bonchev–Trinajstić information content (AvgIpc) is 2.84. The first-order valence-corrected chi connectivity index (χ1v) is 14.6. The predicted molar refractivity (Wildman–Crippen MR) is 133 cm³/mol. The van der Waals surface area contributed by atoms with Gasteiger partial charge in [0.15, 0.2) is 0 Å². The van der Waals surface area contributed by atoms with Gasteiger partial charge in [-0.05, 0) is 49.1 Å². The second-order valence-electron chi connectivity index (χ2n) is 8.77. The lowest BCUT2D eigenvalue weighted by atomic mass is 10.0. The number of piperidine rings is 1. The van der Waals surface area contributed by atoms with Crippen LogP contribution in [-0.4, -0.2) is 71.8 Å². The van der Waals surface area contributed by atoms with Crippen molar-refractivity contribution >= 4 is 37.3 Å². The van der Waals surface area contributed by atoms with Crippen LogP contribution >= 0.6 is 11.6 Å². The molecule has 2 saturated heterocycles. The lowest BCUT2D eigenvalue weighted by Gasteiger charge is -2.36. The normalized spacial score (nSPS) is 20.9. The number of benzene rings is 2. The van der Waals surface area contributed by atoms with E-state index in [0.717, 1.165) is 12.8 Å². The highest BCUT2D eigenvalue weighted by Gasteiger charge is 2.33. The van der Waals surface area contributed by atoms with Gasteiger partial charge < -0.3 is 9.64 Å². The van der Waals surface area contributed by atoms with Gasteiger partial charge in [0.05, 0.1) is 22.7 Å². The SMILES string of the molecule is COc1ccc(S(=O)(=O)N2CCC[C@@H](C)C2)cc1N1CCN(S(=O)(=O)c2ccccc2Cl)CC1. The molecule has 0 aromatic heterocycles. The summed E-state index contributed by atoms with van der Waals surface area (Å²) in [5.74, 6) is 0.878. The van der Waals surface area contributed by atoms with Gasteiger partial charge in [-0.3, -0.25) is 0 Å². The quantitative estimate of drug-likeness (QED) is 0.573. The number of anilines is 1. The molecule has 2 aromatic rings. The van der Waals surface area contributed by atoms with E-state index in [0.29, 0.717) is 43.5 Å². The molecule has 0 radical (unpaired) electrons. The van der Waals surface area contributed by atoms with E-state index in [1.807, 2.05) is 4.90 Å². The Labute approximate surface area is 207 Å². The molecule has 0 bridgehead atoms. The van der Waals surface area contributed by atoms with E-state index in [1.165, 1.54) is 17.5 Å². The number of hydrogen-bond acceptors (Lipinski definition) is 6. The predicted octanol–water partition coefficient (Wildman–Crippen LogP) is 3.28. The molecular weight excluding hydrogens is 498 g/mol. The minimum atomic E-state index is -3.72. The number of piperazine rings is 1. The zero-order valence-corrected chi connectivity index (χ0v) is 21.7. The standard InChI is InChI=1S/C23H30ClN3O5S2/c1-18-6-5-11-27(17-18)33(28,29)19-9-10-22(32-2)21(16-19)25-12-14-26(15-13-25)34(30,31)23-8-4-3-7-20(23)24/h3-4,7-10,16,18H,5-6,11-15,17H2,1-2H3/t18-/m1/s1. The molecule has 0 amide bonds. The summed E-state index contributed by atoms with van der Waals surface area (Å²) in [6.07, 6.45) is 1.88. The number of ether oxygens (including phenoxy) is 1. The van der Waals surface area contributed by atoms with Gasteiger partial charge in [0.25, 0.3) is 0 Å². The van der Waals surface area contributed by atoms with Crippen molar-refractivity contribution in [2.45, 2.75) is 29.6 Å². The fourth-order valence-electron chi connectivity index (χ4n) is 4.55. The molecule has 2 aliphatic heterocycles. The van der Waals surface area contributed by atoms with Crippen molar-refractivity contribution in [1.82, 2.24) is 8.61 Å². The monoisotopic (exact) mass is 527 g/mol. The van der Waals surface area contributed by atoms with E-state index in [2.05, 4.69) is 6.92 Å². The second-order valence-corrected chi connectivity index (χ2v) is 13.0. The number of halogens is 1. The van der Waals surface area contributed by atoms with E-state index in [1.54, 1.807) is 40.7 Å². The van der Waals surface area contributed by atoms with Crippen LogP contribution in [0.1, 0.15) is 19.8 Å². The zero-order chi connectivity index (χ0) is 24.5. The van der Waals surface area contributed by atoms with Gasteiger partial charge in [-0.15, -0.1) is 0 Å². The summed E-state index contributed by atoms with van der Waals surface area (Å²) < 4.78 is 61.2. The first-order valence-electron chi connectivity index (χ1n) is 11.3. The summed E-state index contributed by atoms with van der Waals surface area (Å²) in [4.78, 5) is 2.28. The Bertz CT molecular complexity index is 1250. The molecule has 4 rings (SSSR count). The van der Waals surface area contributed by atoms with Crippen LogP contribution < -0.4 is 9.64 Å². The molecular formula is C23H30ClN3O5S2. The minimum Gasteiger partial charge on any atom is -0.495 e. The third kappa shape index (κ3) is 4.92. The Balaban J connectivity index is 1.56. The maximum Gasteiger partial charge on any atom is 0.244 e. The van der Waals surface area contributed by atoms with E-state index in [9.17, 15) is 16.8 Å². The highest BCUT2D eigenvalue weighted by molar-refractivity contribution is 7.89. The molecule has 0 saturated carbocycles. The Kier molecular flexibility index (Phi) is 7.44. The van der Waals surface area contributed by atoms with Crippen molar-refractivity contribution in [2.24, 2.45) is 5.92 Å². The van der Waals surface area contributed by atoms with Crippen molar-refractivity contribution in [3.05, 3.63) is 47.5 Å². The smallest absolute Gasteiger partial charge is 0.244 e. The molecule has 0 N–H and O–H groups in total. The Morgan fingerprint density at radius 1 is 0.912 bits per heavy atom. The largest absolute Gasteiger partial charge is 0.495 e. The van der Waals surface area contributed by atoms with Crippen LogP contribution in [0.25, 0.3) is 0 Å². The first-order chi connectivity index (χ1) is 16.1. The fraction of sp³-hybridized carbons (Fsp3) is 0.478. The summed E-state index contributed by atoms with van der Waals surface area (Å²) in [5.41, 5.74) is 0.642. The lowest BCUT2D eigenvalue weighted by molar-refractivity contribution is 0.281. The fourth-order valence-corrected chi connectivity index (χ4v) is 8.09. The van der Waals surface area contributed by atoms with Crippen LogP contribution in [0.2, 0.25) is 5.02 Å². The zero-order valence-electron chi connectivity index (χ0n) is 19.4. The van der Waals surface area contributed by atoms with Crippen LogP contribution in [-0.2, 0) is 20.0 Å². The minimum absolute atomic E-state index is 0.0894. The molecule has 11 heteroatoms. The Hall–Kier alpha value is -1.85. The van der Waals surface area contributed by atoms with Crippen molar-refractivity contribution in [1.29, 1.82) is 0 Å². The number of methoxy groups -OCH3 is 1. The topological polar surface area (TPSA) is 87.2 Å². The van der Waals surface area contributed by atoms with Gasteiger partial charge in [0.2, 0.25) is 20.0 Å². The molecule has 0 aliphatic carbocycles. The summed E-state index contributed by atoms with van der Waals surface area (Å²) >= 11 is 6.13. The summed E-state index contributed by atoms with van der Waals surface area (Å²) in [5, 5.41) is 0.191. The maximum absolute atomic E-state index is 13.3. The molecule has 2 heterocycles. The highest BCUT2D eigenvalue weighted by Crippen LogP contribution is 2.34. The number of hydrogen-bond donors (Lipinski definition) is 0. The molecule has 34 heavy (non-hydrogen) atoms. The van der Waals surface area contributed by atoms with Gasteiger partial charge >= 0.3 is 0 Å². The van der Waals surface area contributed by atoms with Crippen molar-refractivity contribution < 1.29 is 21.6 Å². The third-order valence-electron chi connectivity index (χ3n) is 6.44. The van der Waals surface area contributed by atoms with E-state index >= 15 is 0 Å². The van der Waals surface area contributed by atoms with Gasteiger partial charge in [-0.2, -0.15) is 8.61 Å². The van der Waals surface area contributed by atoms with Gasteiger partial charge in [0.1, 0.15) is 10.6 Å². The van der Waals surface area contributed by atoms with Crippen LogP contribution in [0.5, 0.6) is 5.75 Å². The summed E-state index contributed by atoms with van der Waals surface area (Å²) in [6.45, 7) is 4.38. The van der Waals surface area contributed by atoms with Gasteiger partial charge in [-0.1, -0.05) is 30.7 Å². The van der Waals surface area contributed by atoms with Crippen molar-refractivity contribution in [2.75, 3.05) is 51.3 Å². The number of rotatable bonds is 6. The van der Waals surface area contributed by atoms with Crippen LogP contribution in [0.3, 0.4) is 0 Å². The van der Waals surface area contributed by atoms with E-state index < -0.39 is 20.0 Å². The van der Waals surface area contributed by atoms with Crippen molar-refractivity contribution in [3.8, 4) is 5.75 Å². The van der Waals surface area contributed by atoms with Crippen molar-refractivity contribution in [3.63, 3.8) is 0 Å². The molecule has 2 aliphatic rings. The number of nitrogens with zero attached hydrogens (tertiary/aromatic N) is 3.